The summed E-state index contributed by atoms with van der Waals surface area (Å²) >= 11 is 0. The van der Waals surface area contributed by atoms with Gasteiger partial charge in [-0.05, 0) is 220 Å². The van der Waals surface area contributed by atoms with Crippen molar-refractivity contribution in [3.63, 3.8) is 0 Å². The molecular weight excluding hydrogens is 1680 g/mol. The number of esters is 2. The minimum atomic E-state index is -2.94. The molecule has 2 N–H and O–H groups in total. The Morgan fingerprint density at radius 2 is 0.869 bits per heavy atom. The zero-order chi connectivity index (χ0) is 96.6. The van der Waals surface area contributed by atoms with Crippen molar-refractivity contribution < 1.29 is 118 Å². The number of aliphatic hydroxyl groups excluding tert-OH is 2. The van der Waals surface area contributed by atoms with E-state index in [1.807, 2.05) is 116 Å². The normalized spacial score (nSPS) is 40.3. The van der Waals surface area contributed by atoms with Gasteiger partial charge in [0, 0.05) is 103 Å². The Balaban J connectivity index is 0.000000356. The van der Waals surface area contributed by atoms with E-state index >= 15 is 17.6 Å². The number of allylic oxidation sites excluding steroid dienone is 13. The van der Waals surface area contributed by atoms with Crippen LogP contribution < -0.4 is 0 Å². The number of carbonyl (C=O) groups is 10. The van der Waals surface area contributed by atoms with Crippen LogP contribution in [0.2, 0.25) is 0 Å². The first-order valence-electron chi connectivity index (χ1n) is 48.0. The Morgan fingerprint density at radius 3 is 1.27 bits per heavy atom. The molecule has 6 aliphatic heterocycles. The lowest BCUT2D eigenvalue weighted by Crippen LogP contribution is -2.59. The van der Waals surface area contributed by atoms with E-state index in [-0.39, 0.29) is 134 Å². The third kappa shape index (κ3) is 29.8. The average molecular weight is 1830 g/mol. The Morgan fingerprint density at radius 1 is 0.469 bits per heavy atom. The van der Waals surface area contributed by atoms with Crippen LogP contribution in [0.4, 0.5) is 17.6 Å². The largest absolute Gasteiger partial charge is 0.460 e. The summed E-state index contributed by atoms with van der Waals surface area (Å²) in [6, 6.07) is -2.41. The van der Waals surface area contributed by atoms with Gasteiger partial charge in [-0.1, -0.05) is 162 Å². The van der Waals surface area contributed by atoms with E-state index in [0.29, 0.717) is 116 Å². The molecule has 130 heavy (non-hydrogen) atoms. The summed E-state index contributed by atoms with van der Waals surface area (Å²) in [5, 5.41) is 20.9. The highest BCUT2D eigenvalue weighted by molar-refractivity contribution is 6.39. The molecule has 4 saturated heterocycles. The van der Waals surface area contributed by atoms with Gasteiger partial charge in [-0.3, -0.25) is 38.4 Å². The van der Waals surface area contributed by atoms with Gasteiger partial charge < -0.3 is 62.6 Å². The molecule has 2 amide bonds. The number of nitrogens with zero attached hydrogens (tertiary/aromatic N) is 2. The number of methoxy groups -OCH3 is 5. The van der Waals surface area contributed by atoms with Crippen LogP contribution in [0.5, 0.6) is 0 Å². The number of piperidine rings is 2. The van der Waals surface area contributed by atoms with E-state index in [0.717, 1.165) is 20.9 Å². The zero-order valence-corrected chi connectivity index (χ0v) is 81.5. The number of hydrogen-bond acceptors (Lipinski definition) is 21. The Kier molecular flexibility index (Phi) is 43.4. The highest BCUT2D eigenvalue weighted by Gasteiger charge is 2.57. The molecule has 27 heteroatoms. The topological polar surface area (TPSA) is 301 Å². The summed E-state index contributed by atoms with van der Waals surface area (Å²) < 4.78 is 119. The fraction of sp³-hybridized carbons (Fsp3) is 0.748. The van der Waals surface area contributed by atoms with Gasteiger partial charge in [-0.2, -0.15) is 0 Å². The number of aliphatic hydroxyl groups is 2. The number of fused-ring (bicyclic) bond motifs is 6. The fourth-order valence-electron chi connectivity index (χ4n) is 20.2. The quantitative estimate of drug-likeness (QED) is 0.0840. The molecule has 0 radical (unpaired) electrons. The molecule has 732 valence electrons. The van der Waals surface area contributed by atoms with Gasteiger partial charge in [0.15, 0.2) is 36.1 Å². The Bertz CT molecular complexity index is 4060. The molecule has 0 spiro atoms. The van der Waals surface area contributed by atoms with Crippen molar-refractivity contribution in [2.45, 2.75) is 368 Å². The molecule has 0 aromatic carbocycles. The number of ether oxygens (including phenoxy) is 9. The molecule has 2 saturated carbocycles. The molecule has 6 fully saturated rings. The van der Waals surface area contributed by atoms with Crippen LogP contribution >= 0.6 is 0 Å². The molecule has 6 heterocycles. The lowest BCUT2D eigenvalue weighted by molar-refractivity contribution is -0.231. The molecule has 4 bridgehead atoms. The number of ketones is 6. The highest BCUT2D eigenvalue weighted by Crippen LogP contribution is 2.45. The number of cyclic esters (lactones) is 2. The van der Waals surface area contributed by atoms with Crippen LogP contribution in [0.15, 0.2) is 95.2 Å². The van der Waals surface area contributed by atoms with Crippen molar-refractivity contribution in [1.29, 1.82) is 0 Å². The first kappa shape index (κ1) is 110. The standard InChI is InChI=1S/C52H79F2NO10.C51H77F2NO11/c1-31-17-13-12-14-18-36(6)51(8,9)30-39-22-20-37(7)52(54,65-39)48(59)49(60)55-24-16-15-19-40(55)50(61)64-43(33(3)27-38-21-23-41(56)44(28-38)62-10)29-42(57)32(2)26-34(4)45(53)47(63-11)46(58)35(5)25-31;1-30-16-12-11-13-17-31(2)42(61-8)28-38-21-19-36(7)51(53,65-38)48(58)49(59)54-23-15-14-18-39(54)50(60)64-43(33(4)26-37-20-22-40(55)44(27-37)62-9)29-41(56)32(3)25-34(5)45(52)47(63-10)46(57)35(6)24-30/h12-14,17-18,26,31-33,35,37-41,43-45,47,56H,15-16,19-25,27-30H2,1-11H3;11-13,16-17,25,30,32-33,35-40,42-45,47,55H,14-15,18-24,26-29H2,1-10H3/b14-12+,17-13+,34-26+,36-18+;13-11+,16-12+,31-17+,34-25+/t31-,32-,33-,35-,37-,38+,39+,40?,41+,43+,44-,45?,47-,52-;30-,32-,33-,35-,36-,37+,38+,39?,40+,42+,43+,44-,45?,47-,51-/m11/s1. The van der Waals surface area contributed by atoms with E-state index < -0.39 is 167 Å². The number of rotatable bonds is 11. The van der Waals surface area contributed by atoms with Gasteiger partial charge >= 0.3 is 11.9 Å². The predicted octanol–water partition coefficient (Wildman–Crippen LogP) is 17.3. The van der Waals surface area contributed by atoms with Gasteiger partial charge in [0.05, 0.1) is 42.7 Å². The van der Waals surface area contributed by atoms with Gasteiger partial charge in [-0.15, -0.1) is 0 Å². The van der Waals surface area contributed by atoms with E-state index in [2.05, 4.69) is 0 Å². The summed E-state index contributed by atoms with van der Waals surface area (Å²) in [6.45, 7) is 28.5. The minimum Gasteiger partial charge on any atom is -0.460 e. The summed E-state index contributed by atoms with van der Waals surface area (Å²) in [4.78, 5) is 143. The van der Waals surface area contributed by atoms with Crippen LogP contribution in [-0.2, 0) is 90.6 Å². The highest BCUT2D eigenvalue weighted by atomic mass is 19.2. The number of hydrogen-bond donors (Lipinski definition) is 2. The second-order valence-corrected chi connectivity index (χ2v) is 40.1. The third-order valence-corrected chi connectivity index (χ3v) is 29.3. The van der Waals surface area contributed by atoms with E-state index in [1.165, 1.54) is 54.3 Å². The smallest absolute Gasteiger partial charge is 0.329 e. The van der Waals surface area contributed by atoms with Crippen LogP contribution in [0, 0.1) is 76.4 Å². The van der Waals surface area contributed by atoms with Crippen LogP contribution in [0.3, 0.4) is 0 Å². The lowest BCUT2D eigenvalue weighted by atomic mass is 9.77. The van der Waals surface area contributed by atoms with Crippen molar-refractivity contribution in [2.75, 3.05) is 48.6 Å². The summed E-state index contributed by atoms with van der Waals surface area (Å²) in [7, 11) is 7.23. The summed E-state index contributed by atoms with van der Waals surface area (Å²) in [5.74, 6) is -19.1. The van der Waals surface area contributed by atoms with Crippen LogP contribution in [0.25, 0.3) is 0 Å². The number of carbonyl (C=O) groups excluding carboxylic acids is 10. The lowest BCUT2D eigenvalue weighted by Gasteiger charge is -2.42. The molecule has 0 aromatic heterocycles. The second kappa shape index (κ2) is 51.2. The van der Waals surface area contributed by atoms with Crippen molar-refractivity contribution in [3.8, 4) is 0 Å². The maximum absolute atomic E-state index is 17.1. The molecule has 23 nitrogen and oxygen atoms in total. The van der Waals surface area contributed by atoms with E-state index in [1.54, 1.807) is 48.8 Å². The molecule has 8 aliphatic rings. The van der Waals surface area contributed by atoms with Gasteiger partial charge in [0.1, 0.15) is 35.9 Å². The Labute approximate surface area is 771 Å². The van der Waals surface area contributed by atoms with Crippen LogP contribution in [0.1, 0.15) is 265 Å². The first-order chi connectivity index (χ1) is 61.3. The number of Topliss-reactive ketones (excluding diaryl/α,β-unsaturated/α-hetero) is 6. The predicted molar refractivity (Wildman–Crippen MR) is 489 cm³/mol. The second-order valence-electron chi connectivity index (χ2n) is 40.1. The third-order valence-electron chi connectivity index (χ3n) is 29.3. The van der Waals surface area contributed by atoms with E-state index in [4.69, 9.17) is 42.6 Å². The van der Waals surface area contributed by atoms with Crippen molar-refractivity contribution >= 4 is 58.5 Å². The fourth-order valence-corrected chi connectivity index (χ4v) is 20.2. The SMILES string of the molecule is CO[C@H]1C(=O)[C@H](C)C[C@H](C)/C=C/C=C/C=C(\C)C(C)(C)C[C@@H]2CC[C@@H](C)[C@@](F)(O2)C(=O)C(=O)N2CCCCC2C(=O)O[C@H]([C@H](C)C[C@@H]2CC[C@H](O)[C@H](OC)C2)CC(=O)[C@H](C)/C=C(\C)C1F.CO[C@H]1C[C@@H]2CC[C@@H](C)[C@@](F)(O2)C(=O)C(=O)N2CCCCC2C(=O)O[C@H]([C@H](C)C[C@@H]2CC[C@H](O)[C@H](OC)C2)CC(=O)[C@H](C)/C=C(\C)C(F)[C@@H](OC)C(=O)[C@H](C)C[C@H](C)/C=C/C=C/C=C/1C. The van der Waals surface area contributed by atoms with Gasteiger partial charge in [0.2, 0.25) is 0 Å². The molecule has 29 atom stereocenters. The minimum absolute atomic E-state index is 0.0151. The van der Waals surface area contributed by atoms with Crippen molar-refractivity contribution in [2.24, 2.45) is 76.4 Å². The van der Waals surface area contributed by atoms with Gasteiger partial charge in [-0.25, -0.2) is 27.2 Å². The van der Waals surface area contributed by atoms with Crippen molar-refractivity contribution in [1.82, 2.24) is 9.80 Å². The number of alkyl halides is 4. The summed E-state index contributed by atoms with van der Waals surface area (Å²) in [5.41, 5.74) is 1.68. The Hall–Kier alpha value is -6.82. The van der Waals surface area contributed by atoms with Gasteiger partial charge in [0.25, 0.3) is 35.1 Å². The zero-order valence-electron chi connectivity index (χ0n) is 81.5. The van der Waals surface area contributed by atoms with E-state index in [9.17, 15) is 58.2 Å². The average Bonchev–Trinajstić information content (AvgIpc) is 0.741. The maximum atomic E-state index is 17.1. The maximum Gasteiger partial charge on any atom is 0.329 e. The van der Waals surface area contributed by atoms with Crippen LogP contribution in [-0.4, -0.2) is 230 Å². The monoisotopic (exact) mass is 1830 g/mol. The number of amides is 2. The first-order valence-corrected chi connectivity index (χ1v) is 48.0. The molecule has 0 aromatic rings. The molecule has 8 rings (SSSR count). The molecule has 2 aliphatic carbocycles. The van der Waals surface area contributed by atoms with Crippen molar-refractivity contribution in [3.05, 3.63) is 95.2 Å². The summed E-state index contributed by atoms with van der Waals surface area (Å²) in [6.07, 6.45) is 19.4. The number of halogens is 4. The molecular formula is C103H156F4N2O21. The molecule has 4 unspecified atom stereocenters.